The first kappa shape index (κ1) is 17.8. The molecule has 2 aliphatic carbocycles. The van der Waals surface area contributed by atoms with Crippen molar-refractivity contribution in [2.45, 2.75) is 38.0 Å². The molecule has 0 radical (unpaired) electrons. The van der Waals surface area contributed by atoms with Gasteiger partial charge in [0.1, 0.15) is 17.7 Å². The molecular formula is C22H17F2N5. The Balaban J connectivity index is 1.74. The quantitative estimate of drug-likeness (QED) is 0.654. The van der Waals surface area contributed by atoms with Crippen LogP contribution in [0.4, 0.5) is 8.78 Å². The summed E-state index contributed by atoms with van der Waals surface area (Å²) in [5.74, 6) is -1.05. The first-order valence-corrected chi connectivity index (χ1v) is 9.46. The maximum atomic E-state index is 14.3. The highest BCUT2D eigenvalue weighted by atomic mass is 19.1. The Morgan fingerprint density at radius 2 is 1.90 bits per heavy atom. The molecule has 0 unspecified atom stereocenters. The summed E-state index contributed by atoms with van der Waals surface area (Å²) in [7, 11) is 0. The van der Waals surface area contributed by atoms with E-state index in [0.29, 0.717) is 0 Å². The van der Waals surface area contributed by atoms with Gasteiger partial charge in [0.2, 0.25) is 5.82 Å². The van der Waals surface area contributed by atoms with Crippen LogP contribution in [0.2, 0.25) is 0 Å². The van der Waals surface area contributed by atoms with E-state index in [1.54, 1.807) is 12.3 Å². The van der Waals surface area contributed by atoms with Crippen molar-refractivity contribution in [2.24, 2.45) is 5.41 Å². The van der Waals surface area contributed by atoms with Crippen LogP contribution in [0.15, 0.2) is 36.5 Å². The maximum Gasteiger partial charge on any atom is 0.232 e. The molecule has 3 aromatic rings. The van der Waals surface area contributed by atoms with Gasteiger partial charge >= 0.3 is 0 Å². The molecular weight excluding hydrogens is 372 g/mol. The number of hydrogen-bond donors (Lipinski definition) is 0. The van der Waals surface area contributed by atoms with Crippen LogP contribution < -0.4 is 0 Å². The summed E-state index contributed by atoms with van der Waals surface area (Å²) in [6.45, 7) is 4.31. The minimum atomic E-state index is -0.661. The number of hydrogen-bond acceptors (Lipinski definition) is 5. The molecule has 2 aromatic heterocycles. The van der Waals surface area contributed by atoms with Crippen LogP contribution in [0.5, 0.6) is 0 Å². The third-order valence-corrected chi connectivity index (χ3v) is 6.79. The average molecular weight is 389 g/mol. The lowest BCUT2D eigenvalue weighted by Crippen LogP contribution is -2.38. The molecule has 1 aromatic carbocycles. The number of benzene rings is 1. The third kappa shape index (κ3) is 2.17. The van der Waals surface area contributed by atoms with Crippen LogP contribution in [0.3, 0.4) is 0 Å². The van der Waals surface area contributed by atoms with Gasteiger partial charge in [0.05, 0.1) is 28.1 Å². The van der Waals surface area contributed by atoms with E-state index in [9.17, 15) is 14.0 Å². The summed E-state index contributed by atoms with van der Waals surface area (Å²) >= 11 is 0. The van der Waals surface area contributed by atoms with Crippen LogP contribution in [-0.2, 0) is 5.41 Å². The molecule has 1 fully saturated rings. The molecule has 2 bridgehead atoms. The van der Waals surface area contributed by atoms with Crippen molar-refractivity contribution >= 4 is 0 Å². The summed E-state index contributed by atoms with van der Waals surface area (Å²) in [5, 5.41) is 17.9. The zero-order valence-corrected chi connectivity index (χ0v) is 15.9. The zero-order valence-electron chi connectivity index (χ0n) is 15.9. The number of fused-ring (bicyclic) bond motifs is 5. The second-order valence-corrected chi connectivity index (χ2v) is 8.23. The molecule has 2 heterocycles. The van der Waals surface area contributed by atoms with Gasteiger partial charge in [-0.2, -0.15) is 10.4 Å². The summed E-state index contributed by atoms with van der Waals surface area (Å²) in [6, 6.07) is 9.36. The molecule has 0 spiro atoms. The molecule has 2 atom stereocenters. The van der Waals surface area contributed by atoms with Crippen molar-refractivity contribution in [3.8, 4) is 17.3 Å². The normalized spacial score (nSPS) is 23.6. The highest BCUT2D eigenvalue weighted by molar-refractivity contribution is 5.64. The predicted octanol–water partition coefficient (Wildman–Crippen LogP) is 4.29. The molecule has 0 aliphatic heterocycles. The van der Waals surface area contributed by atoms with E-state index >= 15 is 0 Å². The summed E-state index contributed by atoms with van der Waals surface area (Å²) < 4.78 is 28.6. The van der Waals surface area contributed by atoms with E-state index in [1.165, 1.54) is 18.2 Å². The summed E-state index contributed by atoms with van der Waals surface area (Å²) in [4.78, 5) is 8.48. The Hall–Kier alpha value is -3.27. The predicted molar refractivity (Wildman–Crippen MR) is 101 cm³/mol. The van der Waals surface area contributed by atoms with Crippen molar-refractivity contribution in [3.63, 3.8) is 0 Å². The molecule has 0 amide bonds. The van der Waals surface area contributed by atoms with Gasteiger partial charge < -0.3 is 0 Å². The summed E-state index contributed by atoms with van der Waals surface area (Å²) in [5.41, 5.74) is 1.75. The number of halogens is 2. The smallest absolute Gasteiger partial charge is 0.228 e. The van der Waals surface area contributed by atoms with Crippen LogP contribution in [0.1, 0.15) is 55.4 Å². The largest absolute Gasteiger partial charge is 0.232 e. The minimum absolute atomic E-state index is 0.114. The number of nitriles is 1. The van der Waals surface area contributed by atoms with Gasteiger partial charge in [0, 0.05) is 6.20 Å². The van der Waals surface area contributed by atoms with E-state index in [-0.39, 0.29) is 28.4 Å². The molecule has 144 valence electrons. The van der Waals surface area contributed by atoms with Gasteiger partial charge in [-0.1, -0.05) is 19.9 Å². The summed E-state index contributed by atoms with van der Waals surface area (Å²) in [6.07, 6.45) is 3.31. The van der Waals surface area contributed by atoms with E-state index in [1.807, 2.05) is 12.1 Å². The van der Waals surface area contributed by atoms with E-state index in [2.05, 4.69) is 34.0 Å². The Bertz CT molecular complexity index is 1180. The molecule has 0 N–H and O–H groups in total. The van der Waals surface area contributed by atoms with E-state index in [0.717, 1.165) is 29.8 Å². The first-order valence-electron chi connectivity index (χ1n) is 9.46. The Labute approximate surface area is 166 Å². The first-order chi connectivity index (χ1) is 13.9. The van der Waals surface area contributed by atoms with Crippen molar-refractivity contribution in [3.05, 3.63) is 70.9 Å². The Morgan fingerprint density at radius 3 is 2.62 bits per heavy atom. The molecule has 29 heavy (non-hydrogen) atoms. The molecule has 0 saturated heterocycles. The Kier molecular flexibility index (Phi) is 3.60. The van der Waals surface area contributed by atoms with Crippen LogP contribution in [-0.4, -0.2) is 20.2 Å². The molecule has 7 heteroatoms. The number of nitrogens with zero attached hydrogens (tertiary/aromatic N) is 5. The maximum absolute atomic E-state index is 14.3. The number of rotatable bonds is 2. The van der Waals surface area contributed by atoms with Gasteiger partial charge in [-0.3, -0.25) is 0 Å². The van der Waals surface area contributed by atoms with Crippen LogP contribution in [0.25, 0.3) is 11.3 Å². The lowest BCUT2D eigenvalue weighted by atomic mass is 9.66. The highest BCUT2D eigenvalue weighted by Crippen LogP contribution is 2.69. The fraction of sp³-hybridized carbons (Fsp3) is 0.318. The molecule has 2 aliphatic rings. The molecule has 5 nitrogen and oxygen atoms in total. The van der Waals surface area contributed by atoms with E-state index in [4.69, 9.17) is 0 Å². The second kappa shape index (κ2) is 5.86. The van der Waals surface area contributed by atoms with Crippen molar-refractivity contribution in [2.75, 3.05) is 0 Å². The van der Waals surface area contributed by atoms with Gasteiger partial charge in [-0.25, -0.2) is 18.7 Å². The molecule has 1 saturated carbocycles. The third-order valence-electron chi connectivity index (χ3n) is 6.79. The standard InChI is InChI=1S/C22H17F2N5/c1-21(2)13-6-8-22(21,17-7-9-26-18(11-25)27-17)20-12(13)10-16(28-29-20)19-14(23)4-3-5-15(19)24/h3-5,7,9-10,13H,6,8H2,1-2H3/t13-,22+/m0/s1. The fourth-order valence-electron chi connectivity index (χ4n) is 5.41. The SMILES string of the molecule is CC1(C)[C@H]2CC[C@@]1(c1ccnc(C#N)n1)c1nnc(-c3c(F)cccc3F)cc12. The second-order valence-electron chi connectivity index (χ2n) is 8.23. The van der Waals surface area contributed by atoms with Crippen LogP contribution >= 0.6 is 0 Å². The zero-order chi connectivity index (χ0) is 20.4. The van der Waals surface area contributed by atoms with Crippen LogP contribution in [0, 0.1) is 28.4 Å². The average Bonchev–Trinajstić information content (AvgIpc) is 3.09. The number of aromatic nitrogens is 4. The van der Waals surface area contributed by atoms with Gasteiger partial charge in [-0.05, 0) is 54.0 Å². The highest BCUT2D eigenvalue weighted by Gasteiger charge is 2.65. The lowest BCUT2D eigenvalue weighted by molar-refractivity contribution is 0.242. The topological polar surface area (TPSA) is 75.3 Å². The fourth-order valence-corrected chi connectivity index (χ4v) is 5.41. The van der Waals surface area contributed by atoms with Crippen molar-refractivity contribution < 1.29 is 8.78 Å². The lowest BCUT2D eigenvalue weighted by Gasteiger charge is -2.37. The van der Waals surface area contributed by atoms with Gasteiger partial charge in [-0.15, -0.1) is 5.10 Å². The van der Waals surface area contributed by atoms with Gasteiger partial charge in [0.25, 0.3) is 0 Å². The van der Waals surface area contributed by atoms with E-state index < -0.39 is 17.0 Å². The van der Waals surface area contributed by atoms with Crippen molar-refractivity contribution in [1.29, 1.82) is 5.26 Å². The minimum Gasteiger partial charge on any atom is -0.228 e. The van der Waals surface area contributed by atoms with Gasteiger partial charge in [0.15, 0.2) is 0 Å². The van der Waals surface area contributed by atoms with Crippen molar-refractivity contribution in [1.82, 2.24) is 20.2 Å². The monoisotopic (exact) mass is 389 g/mol. The molecule has 5 rings (SSSR count). The Morgan fingerprint density at radius 1 is 1.14 bits per heavy atom.